The van der Waals surface area contributed by atoms with Gasteiger partial charge in [0.05, 0.1) is 16.8 Å². The van der Waals surface area contributed by atoms with E-state index in [1.807, 2.05) is 0 Å². The van der Waals surface area contributed by atoms with Crippen LogP contribution in [0.5, 0.6) is 0 Å². The number of aliphatic carboxylic acids is 1. The van der Waals surface area contributed by atoms with Gasteiger partial charge in [0.1, 0.15) is 6.61 Å². The molecule has 0 bridgehead atoms. The monoisotopic (exact) mass is 339 g/mol. The Hall–Kier alpha value is -3.29. The zero-order valence-corrected chi connectivity index (χ0v) is 12.9. The second-order valence-electron chi connectivity index (χ2n) is 5.36. The standard InChI is InChI=1S/C18H13NO6/c20-16(21)8-4-11-1-5-13(6-2-11)19-17(22)14-7-3-12(10-25-24)9-15(14)18(19)23/h1-9,24H,10H2,(H,20,21)/b8-4+. The van der Waals surface area contributed by atoms with Gasteiger partial charge in [-0.15, -0.1) is 0 Å². The Bertz CT molecular complexity index is 885. The van der Waals surface area contributed by atoms with Crippen molar-refractivity contribution in [2.24, 2.45) is 0 Å². The lowest BCUT2D eigenvalue weighted by Crippen LogP contribution is -2.29. The molecule has 2 aromatic rings. The topological polar surface area (TPSA) is 104 Å². The third-order valence-electron chi connectivity index (χ3n) is 3.75. The van der Waals surface area contributed by atoms with Gasteiger partial charge in [0.2, 0.25) is 0 Å². The Morgan fingerprint density at radius 2 is 1.72 bits per heavy atom. The number of fused-ring (bicyclic) bond motifs is 1. The molecule has 0 radical (unpaired) electrons. The van der Waals surface area contributed by atoms with Crippen LogP contribution in [0.2, 0.25) is 0 Å². The first kappa shape index (κ1) is 16.6. The number of carbonyl (C=O) groups excluding carboxylic acids is 2. The Labute approximate surface area is 142 Å². The molecule has 25 heavy (non-hydrogen) atoms. The predicted molar refractivity (Wildman–Crippen MR) is 88.1 cm³/mol. The average Bonchev–Trinajstić information content (AvgIpc) is 2.85. The highest BCUT2D eigenvalue weighted by molar-refractivity contribution is 6.34. The molecule has 2 aromatic carbocycles. The van der Waals surface area contributed by atoms with Gasteiger partial charge in [-0.3, -0.25) is 14.8 Å². The molecule has 0 aromatic heterocycles. The van der Waals surface area contributed by atoms with Crippen LogP contribution in [0.4, 0.5) is 5.69 Å². The van der Waals surface area contributed by atoms with Crippen LogP contribution in [0.15, 0.2) is 48.5 Å². The van der Waals surface area contributed by atoms with Gasteiger partial charge in [-0.25, -0.2) is 14.6 Å². The lowest BCUT2D eigenvalue weighted by Gasteiger charge is -2.13. The number of amides is 2. The molecule has 0 spiro atoms. The van der Waals surface area contributed by atoms with E-state index < -0.39 is 17.8 Å². The van der Waals surface area contributed by atoms with Gasteiger partial charge in [0.15, 0.2) is 0 Å². The fourth-order valence-electron chi connectivity index (χ4n) is 2.59. The van der Waals surface area contributed by atoms with Gasteiger partial charge < -0.3 is 5.11 Å². The molecule has 1 heterocycles. The largest absolute Gasteiger partial charge is 0.478 e. The molecule has 0 aliphatic carbocycles. The van der Waals surface area contributed by atoms with E-state index in [1.165, 1.54) is 18.2 Å². The summed E-state index contributed by atoms with van der Waals surface area (Å²) in [5, 5.41) is 17.1. The lowest BCUT2D eigenvalue weighted by molar-refractivity contribution is -0.253. The zero-order chi connectivity index (χ0) is 18.0. The van der Waals surface area contributed by atoms with Crippen molar-refractivity contribution >= 4 is 29.5 Å². The van der Waals surface area contributed by atoms with Crippen LogP contribution in [0.25, 0.3) is 6.08 Å². The van der Waals surface area contributed by atoms with E-state index in [1.54, 1.807) is 30.3 Å². The van der Waals surface area contributed by atoms with Crippen LogP contribution in [-0.2, 0) is 16.3 Å². The smallest absolute Gasteiger partial charge is 0.328 e. The molecule has 7 heteroatoms. The van der Waals surface area contributed by atoms with Gasteiger partial charge in [-0.05, 0) is 41.5 Å². The van der Waals surface area contributed by atoms with Crippen LogP contribution in [-0.4, -0.2) is 28.1 Å². The molecule has 126 valence electrons. The Morgan fingerprint density at radius 1 is 1.04 bits per heavy atom. The van der Waals surface area contributed by atoms with E-state index in [-0.39, 0.29) is 17.7 Å². The second-order valence-corrected chi connectivity index (χ2v) is 5.36. The van der Waals surface area contributed by atoms with E-state index in [9.17, 15) is 14.4 Å². The Balaban J connectivity index is 1.90. The number of nitrogens with zero attached hydrogens (tertiary/aromatic N) is 1. The first-order valence-corrected chi connectivity index (χ1v) is 7.30. The maximum Gasteiger partial charge on any atom is 0.328 e. The Morgan fingerprint density at radius 3 is 2.36 bits per heavy atom. The van der Waals surface area contributed by atoms with Gasteiger partial charge in [-0.1, -0.05) is 18.2 Å². The van der Waals surface area contributed by atoms with Crippen molar-refractivity contribution in [2.45, 2.75) is 6.61 Å². The molecule has 0 unspecified atom stereocenters. The van der Waals surface area contributed by atoms with Gasteiger partial charge in [0, 0.05) is 6.08 Å². The summed E-state index contributed by atoms with van der Waals surface area (Å²) in [5.41, 5.74) is 2.11. The molecule has 0 atom stereocenters. The molecule has 0 saturated carbocycles. The summed E-state index contributed by atoms with van der Waals surface area (Å²) in [7, 11) is 0. The molecular weight excluding hydrogens is 326 g/mol. The highest BCUT2D eigenvalue weighted by Crippen LogP contribution is 2.29. The van der Waals surface area contributed by atoms with Crippen LogP contribution in [0.1, 0.15) is 31.8 Å². The first-order valence-electron chi connectivity index (χ1n) is 7.30. The molecule has 0 saturated heterocycles. The van der Waals surface area contributed by atoms with Crippen molar-refractivity contribution < 1.29 is 29.6 Å². The summed E-state index contributed by atoms with van der Waals surface area (Å²) in [4.78, 5) is 40.7. The van der Waals surface area contributed by atoms with Crippen LogP contribution >= 0.6 is 0 Å². The molecule has 0 fully saturated rings. The molecule has 2 amide bonds. The minimum Gasteiger partial charge on any atom is -0.478 e. The van der Waals surface area contributed by atoms with Crippen LogP contribution in [0, 0.1) is 0 Å². The summed E-state index contributed by atoms with van der Waals surface area (Å²) in [6.07, 6.45) is 2.41. The summed E-state index contributed by atoms with van der Waals surface area (Å²) in [6, 6.07) is 11.0. The number of anilines is 1. The summed E-state index contributed by atoms with van der Waals surface area (Å²) < 4.78 is 0. The maximum absolute atomic E-state index is 12.6. The number of hydrogen-bond acceptors (Lipinski definition) is 5. The fraction of sp³-hybridized carbons (Fsp3) is 0.0556. The van der Waals surface area contributed by atoms with Gasteiger partial charge in [-0.2, -0.15) is 0 Å². The number of imide groups is 1. The molecule has 1 aliphatic heterocycles. The summed E-state index contributed by atoms with van der Waals surface area (Å²) in [5.74, 6) is -1.97. The highest BCUT2D eigenvalue weighted by atomic mass is 17.1. The number of carboxylic acid groups (broad SMARTS) is 1. The lowest BCUT2D eigenvalue weighted by atomic mass is 10.1. The van der Waals surface area contributed by atoms with Crippen LogP contribution in [0.3, 0.4) is 0 Å². The quantitative estimate of drug-likeness (QED) is 0.375. The summed E-state index contributed by atoms with van der Waals surface area (Å²) >= 11 is 0. The van der Waals surface area contributed by atoms with Crippen molar-refractivity contribution in [3.05, 3.63) is 70.8 Å². The molecule has 7 nitrogen and oxygen atoms in total. The zero-order valence-electron chi connectivity index (χ0n) is 12.9. The van der Waals surface area contributed by atoms with Gasteiger partial charge in [0.25, 0.3) is 11.8 Å². The molecule has 2 N–H and O–H groups in total. The highest BCUT2D eigenvalue weighted by Gasteiger charge is 2.36. The second kappa shape index (κ2) is 6.68. The normalized spacial score (nSPS) is 13.6. The van der Waals surface area contributed by atoms with E-state index in [4.69, 9.17) is 10.4 Å². The SMILES string of the molecule is O=C(O)/C=C/c1ccc(N2C(=O)c3ccc(COO)cc3C2=O)cc1. The van der Waals surface area contributed by atoms with Crippen molar-refractivity contribution in [2.75, 3.05) is 4.90 Å². The van der Waals surface area contributed by atoms with Crippen LogP contribution < -0.4 is 4.90 Å². The average molecular weight is 339 g/mol. The number of benzene rings is 2. The first-order chi connectivity index (χ1) is 12.0. The maximum atomic E-state index is 12.6. The van der Waals surface area contributed by atoms with Gasteiger partial charge >= 0.3 is 5.97 Å². The predicted octanol–water partition coefficient (Wildman–Crippen LogP) is 2.57. The van der Waals surface area contributed by atoms with Crippen molar-refractivity contribution in [1.82, 2.24) is 0 Å². The van der Waals surface area contributed by atoms with Crippen molar-refractivity contribution in [1.29, 1.82) is 0 Å². The third-order valence-corrected chi connectivity index (χ3v) is 3.75. The minimum atomic E-state index is -1.06. The number of carbonyl (C=O) groups is 3. The van der Waals surface area contributed by atoms with E-state index in [0.717, 1.165) is 11.0 Å². The fourth-order valence-corrected chi connectivity index (χ4v) is 2.59. The Kier molecular flexibility index (Phi) is 4.42. The van der Waals surface area contributed by atoms with Crippen molar-refractivity contribution in [3.63, 3.8) is 0 Å². The molecule has 3 rings (SSSR count). The van der Waals surface area contributed by atoms with E-state index in [0.29, 0.717) is 16.8 Å². The number of rotatable bonds is 5. The third kappa shape index (κ3) is 3.18. The number of carboxylic acids is 1. The van der Waals surface area contributed by atoms with Crippen molar-refractivity contribution in [3.8, 4) is 0 Å². The van der Waals surface area contributed by atoms with E-state index in [2.05, 4.69) is 4.89 Å². The summed E-state index contributed by atoms with van der Waals surface area (Å²) in [6.45, 7) is -0.0840. The van der Waals surface area contributed by atoms with E-state index >= 15 is 0 Å². The minimum absolute atomic E-state index is 0.0840. The molecule has 1 aliphatic rings. The molecular formula is C18H13NO6. The number of hydrogen-bond donors (Lipinski definition) is 2.